The van der Waals surface area contributed by atoms with Gasteiger partial charge in [-0.1, -0.05) is 24.3 Å². The Morgan fingerprint density at radius 1 is 1.17 bits per heavy atom. The molecule has 1 spiro atoms. The summed E-state index contributed by atoms with van der Waals surface area (Å²) >= 11 is 0. The molecule has 0 amide bonds. The predicted octanol–water partition coefficient (Wildman–Crippen LogP) is 0.487. The van der Waals surface area contributed by atoms with E-state index >= 15 is 0 Å². The lowest BCUT2D eigenvalue weighted by atomic mass is 9.60. The van der Waals surface area contributed by atoms with Crippen molar-refractivity contribution in [3.8, 4) is 0 Å². The maximum Gasteiger partial charge on any atom is 0.166 e. The van der Waals surface area contributed by atoms with E-state index in [-0.39, 0.29) is 0 Å². The lowest BCUT2D eigenvalue weighted by molar-refractivity contribution is -0.0832. The van der Waals surface area contributed by atoms with Crippen molar-refractivity contribution in [3.05, 3.63) is 35.4 Å². The molecule has 4 rings (SSSR count). The van der Waals surface area contributed by atoms with Crippen LogP contribution in [-0.4, -0.2) is 35.9 Å². The number of nitrogens with two attached hydrogens (primary N) is 2. The maximum atomic E-state index is 5.39. The van der Waals surface area contributed by atoms with Crippen LogP contribution >= 0.6 is 0 Å². The number of hydrogen-bond donors (Lipinski definition) is 4. The van der Waals surface area contributed by atoms with Crippen LogP contribution in [0.4, 0.5) is 0 Å². The fourth-order valence-corrected chi connectivity index (χ4v) is 4.18. The van der Waals surface area contributed by atoms with Crippen molar-refractivity contribution in [2.24, 2.45) is 22.2 Å². The van der Waals surface area contributed by atoms with E-state index in [2.05, 4.69) is 32.9 Å². The standard InChI is InChI=1S/C17H26N6/c18-21-16(22-19)13-3-1-12(2-4-13)9-23-10-17(11-23)7-15(8-17)20-14-5-6-14/h1-4,14-15,20H,5-11,18-19H2,(H,21,22). The number of benzene rings is 1. The molecular formula is C17H26N6. The van der Waals surface area contributed by atoms with Crippen molar-refractivity contribution >= 4 is 5.84 Å². The summed E-state index contributed by atoms with van der Waals surface area (Å²) in [5, 5.41) is 7.38. The largest absolute Gasteiger partial charge is 0.321 e. The molecule has 1 aromatic rings. The van der Waals surface area contributed by atoms with E-state index in [0.29, 0.717) is 11.3 Å². The first-order chi connectivity index (χ1) is 11.2. The monoisotopic (exact) mass is 314 g/mol. The molecule has 2 saturated carbocycles. The molecule has 1 saturated heterocycles. The average molecular weight is 314 g/mol. The van der Waals surface area contributed by atoms with Gasteiger partial charge in [0.1, 0.15) is 0 Å². The van der Waals surface area contributed by atoms with Crippen LogP contribution in [0.1, 0.15) is 36.8 Å². The number of amidine groups is 1. The van der Waals surface area contributed by atoms with Gasteiger partial charge in [-0.3, -0.25) is 4.90 Å². The fourth-order valence-electron chi connectivity index (χ4n) is 4.18. The molecule has 23 heavy (non-hydrogen) atoms. The molecule has 0 bridgehead atoms. The van der Waals surface area contributed by atoms with Gasteiger partial charge in [0.15, 0.2) is 5.84 Å². The number of hydrazine groups is 1. The summed E-state index contributed by atoms with van der Waals surface area (Å²) in [5.41, 5.74) is 5.36. The molecule has 0 unspecified atom stereocenters. The topological polar surface area (TPSA) is 91.7 Å². The Morgan fingerprint density at radius 3 is 2.43 bits per heavy atom. The Bertz CT molecular complexity index is 578. The first kappa shape index (κ1) is 14.9. The number of hydrazone groups is 1. The fraction of sp³-hybridized carbons (Fsp3) is 0.588. The zero-order chi connectivity index (χ0) is 15.9. The summed E-state index contributed by atoms with van der Waals surface area (Å²) in [5.74, 6) is 11.2. The highest BCUT2D eigenvalue weighted by Gasteiger charge is 2.52. The summed E-state index contributed by atoms with van der Waals surface area (Å²) in [6.45, 7) is 3.52. The molecular weight excluding hydrogens is 288 g/mol. The summed E-state index contributed by atoms with van der Waals surface area (Å²) < 4.78 is 0. The maximum absolute atomic E-state index is 5.39. The SMILES string of the molecule is N/N=C(\NN)c1ccc(CN2CC3(CC(NC4CC4)C3)C2)cc1. The van der Waals surface area contributed by atoms with Gasteiger partial charge in [0.2, 0.25) is 0 Å². The van der Waals surface area contributed by atoms with Crippen molar-refractivity contribution in [2.75, 3.05) is 13.1 Å². The number of nitrogens with one attached hydrogen (secondary N) is 2. The first-order valence-corrected chi connectivity index (χ1v) is 8.52. The van der Waals surface area contributed by atoms with Crippen molar-refractivity contribution < 1.29 is 0 Å². The van der Waals surface area contributed by atoms with Gasteiger partial charge in [-0.25, -0.2) is 5.84 Å². The number of hydrogen-bond acceptors (Lipinski definition) is 5. The summed E-state index contributed by atoms with van der Waals surface area (Å²) in [7, 11) is 0. The molecule has 6 heteroatoms. The van der Waals surface area contributed by atoms with E-state index in [9.17, 15) is 0 Å². The van der Waals surface area contributed by atoms with Gasteiger partial charge in [-0.15, -0.1) is 0 Å². The molecule has 1 heterocycles. The zero-order valence-corrected chi connectivity index (χ0v) is 13.5. The van der Waals surface area contributed by atoms with E-state index in [1.54, 1.807) is 0 Å². The number of likely N-dealkylation sites (tertiary alicyclic amines) is 1. The van der Waals surface area contributed by atoms with Gasteiger partial charge in [0.25, 0.3) is 0 Å². The van der Waals surface area contributed by atoms with E-state index in [1.807, 2.05) is 12.1 Å². The number of rotatable bonds is 5. The second kappa shape index (κ2) is 5.78. The molecule has 2 aliphatic carbocycles. The third-order valence-electron chi connectivity index (χ3n) is 5.42. The number of nitrogens with zero attached hydrogens (tertiary/aromatic N) is 2. The van der Waals surface area contributed by atoms with E-state index in [0.717, 1.165) is 24.2 Å². The van der Waals surface area contributed by atoms with Crippen LogP contribution in [0.2, 0.25) is 0 Å². The summed E-state index contributed by atoms with van der Waals surface area (Å²) in [4.78, 5) is 2.54. The predicted molar refractivity (Wildman–Crippen MR) is 91.4 cm³/mol. The van der Waals surface area contributed by atoms with E-state index in [4.69, 9.17) is 11.7 Å². The van der Waals surface area contributed by atoms with Crippen LogP contribution in [0.3, 0.4) is 0 Å². The summed E-state index contributed by atoms with van der Waals surface area (Å²) in [6, 6.07) is 9.91. The zero-order valence-electron chi connectivity index (χ0n) is 13.5. The highest BCUT2D eigenvalue weighted by Crippen LogP contribution is 2.49. The van der Waals surface area contributed by atoms with Gasteiger partial charge in [0, 0.05) is 37.3 Å². The average Bonchev–Trinajstić information content (AvgIpc) is 3.30. The molecule has 1 aliphatic heterocycles. The third-order valence-corrected chi connectivity index (χ3v) is 5.42. The van der Waals surface area contributed by atoms with Gasteiger partial charge in [-0.05, 0) is 36.7 Å². The Morgan fingerprint density at radius 2 is 1.87 bits per heavy atom. The second-order valence-corrected chi connectivity index (χ2v) is 7.51. The molecule has 3 fully saturated rings. The molecule has 0 radical (unpaired) electrons. The quantitative estimate of drug-likeness (QED) is 0.275. The van der Waals surface area contributed by atoms with Crippen molar-refractivity contribution in [3.63, 3.8) is 0 Å². The van der Waals surface area contributed by atoms with Gasteiger partial charge in [0.05, 0.1) is 0 Å². The van der Waals surface area contributed by atoms with Gasteiger partial charge >= 0.3 is 0 Å². The molecule has 0 aromatic heterocycles. The Hall–Kier alpha value is -1.63. The van der Waals surface area contributed by atoms with Crippen LogP contribution in [0.15, 0.2) is 29.4 Å². The minimum absolute atomic E-state index is 0.503. The lowest BCUT2D eigenvalue weighted by Gasteiger charge is -2.59. The Balaban J connectivity index is 1.24. The molecule has 0 atom stereocenters. The minimum Gasteiger partial charge on any atom is -0.321 e. The molecule has 1 aromatic carbocycles. The van der Waals surface area contributed by atoms with Crippen molar-refractivity contribution in [1.82, 2.24) is 15.6 Å². The first-order valence-electron chi connectivity index (χ1n) is 8.52. The summed E-state index contributed by atoms with van der Waals surface area (Å²) in [6.07, 6.45) is 5.53. The van der Waals surface area contributed by atoms with Gasteiger partial charge < -0.3 is 16.6 Å². The minimum atomic E-state index is 0.503. The van der Waals surface area contributed by atoms with E-state index < -0.39 is 0 Å². The molecule has 124 valence electrons. The van der Waals surface area contributed by atoms with Crippen molar-refractivity contribution in [2.45, 2.75) is 44.3 Å². The third kappa shape index (κ3) is 3.06. The van der Waals surface area contributed by atoms with E-state index in [1.165, 1.54) is 44.3 Å². The smallest absolute Gasteiger partial charge is 0.166 e. The van der Waals surface area contributed by atoms with Gasteiger partial charge in [-0.2, -0.15) is 5.10 Å². The molecule has 6 nitrogen and oxygen atoms in total. The normalized spacial score (nSPS) is 24.3. The van der Waals surface area contributed by atoms with Crippen LogP contribution < -0.4 is 22.4 Å². The van der Waals surface area contributed by atoms with Crippen molar-refractivity contribution in [1.29, 1.82) is 0 Å². The van der Waals surface area contributed by atoms with Crippen LogP contribution in [0, 0.1) is 5.41 Å². The Labute approximate surface area is 137 Å². The molecule has 3 aliphatic rings. The van der Waals surface area contributed by atoms with Crippen LogP contribution in [0.5, 0.6) is 0 Å². The van der Waals surface area contributed by atoms with Crippen LogP contribution in [-0.2, 0) is 6.54 Å². The second-order valence-electron chi connectivity index (χ2n) is 7.51. The highest BCUT2D eigenvalue weighted by atomic mass is 15.3. The lowest BCUT2D eigenvalue weighted by Crippen LogP contribution is -2.65. The molecule has 6 N–H and O–H groups in total. The highest BCUT2D eigenvalue weighted by molar-refractivity contribution is 5.98. The van der Waals surface area contributed by atoms with Crippen LogP contribution in [0.25, 0.3) is 0 Å². The Kier molecular flexibility index (Phi) is 3.75.